The first-order valence-electron chi connectivity index (χ1n) is 7.30. The second-order valence-electron chi connectivity index (χ2n) is 5.62. The van der Waals surface area contributed by atoms with Gasteiger partial charge in [-0.05, 0) is 17.7 Å². The van der Waals surface area contributed by atoms with E-state index in [0.717, 1.165) is 25.0 Å². The maximum Gasteiger partial charge on any atom is 0.424 e. The largest absolute Gasteiger partial charge is 0.424 e. The summed E-state index contributed by atoms with van der Waals surface area (Å²) < 4.78 is 7.05. The number of rotatable bonds is 2. The van der Waals surface area contributed by atoms with E-state index in [9.17, 15) is 4.79 Å². The number of oxazole rings is 1. The zero-order chi connectivity index (χ0) is 14.2. The van der Waals surface area contributed by atoms with Crippen molar-refractivity contribution in [3.63, 3.8) is 0 Å². The van der Waals surface area contributed by atoms with Gasteiger partial charge in [0.1, 0.15) is 6.54 Å². The number of benzene rings is 2. The molecule has 0 saturated heterocycles. The summed E-state index contributed by atoms with van der Waals surface area (Å²) in [6.07, 6.45) is 1.07. The Morgan fingerprint density at radius 2 is 1.81 bits per heavy atom. The van der Waals surface area contributed by atoms with E-state index < -0.39 is 0 Å². The number of aromatic nitrogens is 1. The number of nitrogens with zero attached hydrogens (tertiary/aromatic N) is 1. The summed E-state index contributed by atoms with van der Waals surface area (Å²) >= 11 is 0. The van der Waals surface area contributed by atoms with Crippen LogP contribution in [-0.2, 0) is 19.6 Å². The summed E-state index contributed by atoms with van der Waals surface area (Å²) in [5.74, 6) is -0.262. The summed E-state index contributed by atoms with van der Waals surface area (Å²) in [6, 6.07) is 16.2. The van der Waals surface area contributed by atoms with Crippen LogP contribution in [0.15, 0.2) is 57.7 Å². The summed E-state index contributed by atoms with van der Waals surface area (Å²) in [6.45, 7) is 2.66. The zero-order valence-electron chi connectivity index (χ0n) is 11.7. The number of para-hydroxylation sites is 2. The van der Waals surface area contributed by atoms with Gasteiger partial charge in [-0.3, -0.25) is 0 Å². The van der Waals surface area contributed by atoms with Crippen LogP contribution in [-0.4, -0.2) is 11.1 Å². The number of nitrogens with one attached hydrogen (secondary N) is 1. The molecule has 21 heavy (non-hydrogen) atoms. The summed E-state index contributed by atoms with van der Waals surface area (Å²) in [7, 11) is 0. The van der Waals surface area contributed by atoms with E-state index in [-0.39, 0.29) is 5.76 Å². The average molecular weight is 281 g/mol. The fourth-order valence-corrected chi connectivity index (χ4v) is 3.17. The fraction of sp³-hybridized carbons (Fsp3) is 0.235. The minimum atomic E-state index is -0.262. The van der Waals surface area contributed by atoms with E-state index >= 15 is 0 Å². The van der Waals surface area contributed by atoms with E-state index in [1.807, 2.05) is 24.3 Å². The molecule has 0 amide bonds. The standard InChI is InChI=1S/C17H16N2O2/c20-17-19(15-7-3-4-8-16(15)21-17)12-18-10-9-13-5-1-2-6-14(13)11-18/h1-8H,9-12H2/p+1. The molecule has 0 bridgehead atoms. The van der Waals surface area contributed by atoms with Crippen molar-refractivity contribution in [2.24, 2.45) is 0 Å². The molecule has 1 atom stereocenters. The molecule has 1 N–H and O–H groups in total. The molecule has 1 aliphatic heterocycles. The number of quaternary nitrogens is 1. The van der Waals surface area contributed by atoms with Crippen molar-refractivity contribution in [3.8, 4) is 0 Å². The summed E-state index contributed by atoms with van der Waals surface area (Å²) in [5.41, 5.74) is 4.37. The highest BCUT2D eigenvalue weighted by Gasteiger charge is 2.21. The molecule has 3 aromatic rings. The van der Waals surface area contributed by atoms with Crippen LogP contribution in [0.2, 0.25) is 0 Å². The molecule has 0 saturated carbocycles. The molecule has 106 valence electrons. The van der Waals surface area contributed by atoms with Crippen LogP contribution < -0.4 is 10.7 Å². The lowest BCUT2D eigenvalue weighted by Gasteiger charge is -2.25. The second kappa shape index (κ2) is 4.90. The van der Waals surface area contributed by atoms with E-state index in [1.165, 1.54) is 16.0 Å². The van der Waals surface area contributed by atoms with Gasteiger partial charge < -0.3 is 9.32 Å². The van der Waals surface area contributed by atoms with Crippen molar-refractivity contribution in [2.45, 2.75) is 19.6 Å². The lowest BCUT2D eigenvalue weighted by molar-refractivity contribution is -0.938. The second-order valence-corrected chi connectivity index (χ2v) is 5.62. The topological polar surface area (TPSA) is 39.6 Å². The molecular formula is C17H17N2O2+. The van der Waals surface area contributed by atoms with Gasteiger partial charge in [-0.2, -0.15) is 0 Å². The van der Waals surface area contributed by atoms with Crippen molar-refractivity contribution in [1.29, 1.82) is 0 Å². The molecule has 1 aromatic heterocycles. The molecule has 1 unspecified atom stereocenters. The van der Waals surface area contributed by atoms with Gasteiger partial charge in [-0.25, -0.2) is 9.36 Å². The highest BCUT2D eigenvalue weighted by Crippen LogP contribution is 2.12. The van der Waals surface area contributed by atoms with Crippen LogP contribution >= 0.6 is 0 Å². The van der Waals surface area contributed by atoms with E-state index in [0.29, 0.717) is 12.3 Å². The van der Waals surface area contributed by atoms with Gasteiger partial charge in [0.2, 0.25) is 0 Å². The number of hydrogen-bond acceptors (Lipinski definition) is 2. The number of fused-ring (bicyclic) bond motifs is 2. The molecule has 0 fully saturated rings. The van der Waals surface area contributed by atoms with Crippen LogP contribution in [0.25, 0.3) is 11.1 Å². The minimum Gasteiger partial charge on any atom is -0.408 e. The third kappa shape index (κ3) is 2.17. The molecule has 2 heterocycles. The SMILES string of the molecule is O=c1oc2ccccc2n1C[NH+]1CCc2ccccc2C1. The molecular weight excluding hydrogens is 264 g/mol. The first kappa shape index (κ1) is 12.4. The lowest BCUT2D eigenvalue weighted by atomic mass is 10.0. The van der Waals surface area contributed by atoms with Crippen LogP contribution in [0.3, 0.4) is 0 Å². The normalized spacial score (nSPS) is 17.8. The van der Waals surface area contributed by atoms with Gasteiger partial charge in [-0.15, -0.1) is 0 Å². The smallest absolute Gasteiger partial charge is 0.408 e. The van der Waals surface area contributed by atoms with Crippen molar-refractivity contribution < 1.29 is 9.32 Å². The van der Waals surface area contributed by atoms with Gasteiger partial charge >= 0.3 is 5.76 Å². The molecule has 0 aliphatic carbocycles. The van der Waals surface area contributed by atoms with E-state index in [2.05, 4.69) is 24.3 Å². The Bertz CT molecular complexity index is 847. The van der Waals surface area contributed by atoms with Crippen LogP contribution in [0.5, 0.6) is 0 Å². The Morgan fingerprint density at radius 1 is 1.05 bits per heavy atom. The zero-order valence-corrected chi connectivity index (χ0v) is 11.7. The predicted molar refractivity (Wildman–Crippen MR) is 80.2 cm³/mol. The van der Waals surface area contributed by atoms with Gasteiger partial charge in [0.05, 0.1) is 12.1 Å². The summed E-state index contributed by atoms with van der Waals surface area (Å²) in [4.78, 5) is 13.4. The quantitative estimate of drug-likeness (QED) is 0.766. The van der Waals surface area contributed by atoms with Gasteiger partial charge in [0, 0.05) is 12.0 Å². The third-order valence-electron chi connectivity index (χ3n) is 4.26. The third-order valence-corrected chi connectivity index (χ3v) is 4.26. The first-order chi connectivity index (χ1) is 10.3. The van der Waals surface area contributed by atoms with Crippen molar-refractivity contribution in [1.82, 2.24) is 4.57 Å². The molecule has 4 heteroatoms. The fourth-order valence-electron chi connectivity index (χ4n) is 3.17. The monoisotopic (exact) mass is 281 g/mol. The molecule has 4 rings (SSSR count). The highest BCUT2D eigenvalue weighted by molar-refractivity contribution is 5.72. The van der Waals surface area contributed by atoms with Gasteiger partial charge in [-0.1, -0.05) is 36.4 Å². The lowest BCUT2D eigenvalue weighted by Crippen LogP contribution is -3.11. The van der Waals surface area contributed by atoms with Gasteiger partial charge in [0.25, 0.3) is 0 Å². The summed E-state index contributed by atoms with van der Waals surface area (Å²) in [5, 5.41) is 0. The van der Waals surface area contributed by atoms with Crippen molar-refractivity contribution in [2.75, 3.05) is 6.54 Å². The van der Waals surface area contributed by atoms with Crippen LogP contribution in [0, 0.1) is 0 Å². The Morgan fingerprint density at radius 3 is 2.71 bits per heavy atom. The molecule has 0 radical (unpaired) electrons. The highest BCUT2D eigenvalue weighted by atomic mass is 16.4. The van der Waals surface area contributed by atoms with Crippen molar-refractivity contribution in [3.05, 3.63) is 70.2 Å². The van der Waals surface area contributed by atoms with E-state index in [4.69, 9.17) is 4.42 Å². The first-order valence-corrected chi connectivity index (χ1v) is 7.30. The Kier molecular flexibility index (Phi) is 2.89. The number of hydrogen-bond donors (Lipinski definition) is 1. The maximum absolute atomic E-state index is 12.0. The Balaban J connectivity index is 1.65. The van der Waals surface area contributed by atoms with E-state index in [1.54, 1.807) is 4.57 Å². The molecule has 4 nitrogen and oxygen atoms in total. The Hall–Kier alpha value is -2.33. The predicted octanol–water partition coefficient (Wildman–Crippen LogP) is 1.19. The van der Waals surface area contributed by atoms with Crippen LogP contribution in [0.4, 0.5) is 0 Å². The molecule has 0 spiro atoms. The average Bonchev–Trinajstić information content (AvgIpc) is 2.83. The Labute approximate surface area is 122 Å². The van der Waals surface area contributed by atoms with Gasteiger partial charge in [0.15, 0.2) is 12.3 Å². The van der Waals surface area contributed by atoms with Crippen molar-refractivity contribution >= 4 is 11.1 Å². The molecule has 1 aliphatic rings. The minimum absolute atomic E-state index is 0.262. The molecule has 2 aromatic carbocycles. The van der Waals surface area contributed by atoms with Crippen LogP contribution in [0.1, 0.15) is 11.1 Å². The maximum atomic E-state index is 12.0.